The average molecular weight is 184 g/mol. The third-order valence-corrected chi connectivity index (χ3v) is 1.93. The van der Waals surface area contributed by atoms with Gasteiger partial charge in [-0.3, -0.25) is 0 Å². The average Bonchev–Trinajstić information content (AvgIpc) is 2.71. The summed E-state index contributed by atoms with van der Waals surface area (Å²) < 4.78 is 1.63. The van der Waals surface area contributed by atoms with Crippen LogP contribution in [0.15, 0.2) is 30.6 Å². The zero-order chi connectivity index (χ0) is 9.97. The summed E-state index contributed by atoms with van der Waals surface area (Å²) in [7, 11) is 0. The second-order valence-corrected chi connectivity index (χ2v) is 2.90. The van der Waals surface area contributed by atoms with Gasteiger partial charge in [0.25, 0.3) is 0 Å². The number of nitriles is 1. The molecular formula is C10H8N4. The Morgan fingerprint density at radius 1 is 1.43 bits per heavy atom. The number of nitrogens with zero attached hydrogens (tertiary/aromatic N) is 4. The summed E-state index contributed by atoms with van der Waals surface area (Å²) in [6.45, 7) is 1.86. The Morgan fingerprint density at radius 2 is 2.29 bits per heavy atom. The van der Waals surface area contributed by atoms with Crippen molar-refractivity contribution in [2.24, 2.45) is 0 Å². The molecule has 0 aliphatic heterocycles. The minimum atomic E-state index is 0.443. The summed E-state index contributed by atoms with van der Waals surface area (Å²) >= 11 is 0. The van der Waals surface area contributed by atoms with E-state index in [0.717, 1.165) is 5.56 Å². The normalized spacial score (nSPS) is 9.71. The van der Waals surface area contributed by atoms with Crippen LogP contribution >= 0.6 is 0 Å². The van der Waals surface area contributed by atoms with E-state index in [0.29, 0.717) is 11.5 Å². The molecule has 0 aromatic carbocycles. The van der Waals surface area contributed by atoms with E-state index < -0.39 is 0 Å². The molecule has 0 bridgehead atoms. The van der Waals surface area contributed by atoms with Gasteiger partial charge in [-0.1, -0.05) is 6.07 Å². The summed E-state index contributed by atoms with van der Waals surface area (Å²) in [5.41, 5.74) is 1.32. The van der Waals surface area contributed by atoms with Gasteiger partial charge in [0.05, 0.1) is 0 Å². The van der Waals surface area contributed by atoms with Crippen molar-refractivity contribution in [3.8, 4) is 11.9 Å². The van der Waals surface area contributed by atoms with E-state index >= 15 is 0 Å². The summed E-state index contributed by atoms with van der Waals surface area (Å²) in [5.74, 6) is 0.664. The predicted octanol–water partition coefficient (Wildman–Crippen LogP) is 1.45. The van der Waals surface area contributed by atoms with Crippen LogP contribution in [0, 0.1) is 18.3 Å². The van der Waals surface area contributed by atoms with Crippen LogP contribution in [0.4, 0.5) is 0 Å². The van der Waals surface area contributed by atoms with E-state index in [9.17, 15) is 0 Å². The van der Waals surface area contributed by atoms with Crippen LogP contribution in [-0.2, 0) is 0 Å². The number of aromatic nitrogens is 3. The molecule has 0 unspecified atom stereocenters. The Hall–Kier alpha value is -2.15. The van der Waals surface area contributed by atoms with Gasteiger partial charge >= 0.3 is 0 Å². The van der Waals surface area contributed by atoms with Gasteiger partial charge in [0.15, 0.2) is 5.82 Å². The van der Waals surface area contributed by atoms with Crippen LogP contribution < -0.4 is 0 Å². The van der Waals surface area contributed by atoms with Gasteiger partial charge < -0.3 is 0 Å². The third kappa shape index (κ3) is 1.36. The Labute approximate surface area is 81.4 Å². The maximum Gasteiger partial charge on any atom is 0.154 e. The van der Waals surface area contributed by atoms with E-state index in [-0.39, 0.29) is 0 Å². The molecule has 0 amide bonds. The molecule has 2 heterocycles. The minimum Gasteiger partial charge on any atom is -0.223 e. The molecule has 68 valence electrons. The molecule has 0 radical (unpaired) electrons. The van der Waals surface area contributed by atoms with Gasteiger partial charge in [0, 0.05) is 12.4 Å². The highest BCUT2D eigenvalue weighted by Crippen LogP contribution is 2.08. The molecule has 0 aliphatic rings. The number of aryl methyl sites for hydroxylation is 1. The van der Waals surface area contributed by atoms with Crippen molar-refractivity contribution in [3.05, 3.63) is 41.9 Å². The lowest BCUT2D eigenvalue weighted by Gasteiger charge is -2.01. The van der Waals surface area contributed by atoms with Gasteiger partial charge in [-0.15, -0.1) is 0 Å². The zero-order valence-electron chi connectivity index (χ0n) is 7.68. The first-order valence-corrected chi connectivity index (χ1v) is 4.19. The molecule has 0 spiro atoms. The van der Waals surface area contributed by atoms with Crippen molar-refractivity contribution in [2.45, 2.75) is 6.92 Å². The van der Waals surface area contributed by atoms with Crippen LogP contribution in [-0.4, -0.2) is 14.8 Å². The fourth-order valence-electron chi connectivity index (χ4n) is 1.16. The topological polar surface area (TPSA) is 54.5 Å². The Kier molecular flexibility index (Phi) is 1.99. The molecule has 2 aromatic heterocycles. The van der Waals surface area contributed by atoms with E-state index in [2.05, 4.69) is 10.1 Å². The maximum atomic E-state index is 8.80. The Morgan fingerprint density at radius 3 is 2.93 bits per heavy atom. The summed E-state index contributed by atoms with van der Waals surface area (Å²) in [5, 5.41) is 12.8. The Bertz CT molecular complexity index is 479. The van der Waals surface area contributed by atoms with Crippen molar-refractivity contribution in [2.75, 3.05) is 0 Å². The van der Waals surface area contributed by atoms with Gasteiger partial charge in [-0.25, -0.2) is 9.67 Å². The van der Waals surface area contributed by atoms with Crippen molar-refractivity contribution in [1.82, 2.24) is 14.8 Å². The highest BCUT2D eigenvalue weighted by molar-refractivity contribution is 5.35. The molecule has 4 nitrogen and oxygen atoms in total. The summed E-state index contributed by atoms with van der Waals surface area (Å²) in [4.78, 5) is 4.17. The lowest BCUT2D eigenvalue weighted by atomic mass is 10.2. The second-order valence-electron chi connectivity index (χ2n) is 2.90. The molecule has 2 rings (SSSR count). The second kappa shape index (κ2) is 3.30. The summed E-state index contributed by atoms with van der Waals surface area (Å²) in [6, 6.07) is 7.56. The van der Waals surface area contributed by atoms with Gasteiger partial charge in [0.2, 0.25) is 0 Å². The first-order valence-electron chi connectivity index (χ1n) is 4.19. The summed E-state index contributed by atoms with van der Waals surface area (Å²) in [6.07, 6.45) is 3.46. The maximum absolute atomic E-state index is 8.80. The smallest absolute Gasteiger partial charge is 0.154 e. The first kappa shape index (κ1) is 8.45. The Balaban J connectivity index is 2.53. The molecule has 0 aliphatic carbocycles. The third-order valence-electron chi connectivity index (χ3n) is 1.93. The molecular weight excluding hydrogens is 176 g/mol. The van der Waals surface area contributed by atoms with Crippen LogP contribution in [0.1, 0.15) is 11.3 Å². The van der Waals surface area contributed by atoms with Gasteiger partial charge in [-0.2, -0.15) is 10.4 Å². The standard InChI is InChI=1S/C10H8N4/c1-8-3-4-10(13-9(8)7-11)14-6-2-5-12-14/h2-6H,1H3. The van der Waals surface area contributed by atoms with Crippen molar-refractivity contribution in [3.63, 3.8) is 0 Å². The highest BCUT2D eigenvalue weighted by Gasteiger charge is 2.02. The number of pyridine rings is 1. The van der Waals surface area contributed by atoms with Crippen LogP contribution in [0.2, 0.25) is 0 Å². The molecule has 4 heteroatoms. The molecule has 14 heavy (non-hydrogen) atoms. The van der Waals surface area contributed by atoms with Crippen molar-refractivity contribution < 1.29 is 0 Å². The SMILES string of the molecule is Cc1ccc(-n2cccn2)nc1C#N. The molecule has 0 fully saturated rings. The van der Waals surface area contributed by atoms with Crippen LogP contribution in [0.25, 0.3) is 5.82 Å². The molecule has 0 saturated heterocycles. The minimum absolute atomic E-state index is 0.443. The molecule has 0 saturated carbocycles. The fraction of sp³-hybridized carbons (Fsp3) is 0.100. The largest absolute Gasteiger partial charge is 0.223 e. The molecule has 0 atom stereocenters. The fourth-order valence-corrected chi connectivity index (χ4v) is 1.16. The van der Waals surface area contributed by atoms with E-state index in [1.807, 2.05) is 31.2 Å². The first-order chi connectivity index (χ1) is 6.81. The van der Waals surface area contributed by atoms with E-state index in [1.54, 1.807) is 17.1 Å². The van der Waals surface area contributed by atoms with E-state index in [1.165, 1.54) is 0 Å². The van der Waals surface area contributed by atoms with Gasteiger partial charge in [0.1, 0.15) is 11.8 Å². The highest BCUT2D eigenvalue weighted by atomic mass is 15.3. The predicted molar refractivity (Wildman–Crippen MR) is 50.8 cm³/mol. The monoisotopic (exact) mass is 184 g/mol. The van der Waals surface area contributed by atoms with Crippen LogP contribution in [0.5, 0.6) is 0 Å². The molecule has 0 N–H and O–H groups in total. The number of hydrogen-bond donors (Lipinski definition) is 0. The van der Waals surface area contributed by atoms with Crippen LogP contribution in [0.3, 0.4) is 0 Å². The van der Waals surface area contributed by atoms with Gasteiger partial charge in [-0.05, 0) is 24.6 Å². The van der Waals surface area contributed by atoms with E-state index in [4.69, 9.17) is 5.26 Å². The lowest BCUT2D eigenvalue weighted by Crippen LogP contribution is -2.00. The lowest BCUT2D eigenvalue weighted by molar-refractivity contribution is 0.842. The molecule has 2 aromatic rings. The quantitative estimate of drug-likeness (QED) is 0.674. The van der Waals surface area contributed by atoms with Crippen molar-refractivity contribution in [1.29, 1.82) is 5.26 Å². The van der Waals surface area contributed by atoms with Crippen molar-refractivity contribution >= 4 is 0 Å². The number of rotatable bonds is 1. The number of hydrogen-bond acceptors (Lipinski definition) is 3. The zero-order valence-corrected chi connectivity index (χ0v) is 7.68.